The van der Waals surface area contributed by atoms with Crippen molar-refractivity contribution in [3.63, 3.8) is 0 Å². The number of carboxylic acid groups (broad SMARTS) is 1. The van der Waals surface area contributed by atoms with Gasteiger partial charge in [0.2, 0.25) is 0 Å². The third-order valence-corrected chi connectivity index (χ3v) is 3.73. The van der Waals surface area contributed by atoms with Gasteiger partial charge in [-0.1, -0.05) is 0 Å². The number of carbonyl (C=O) groups is 1. The molecule has 0 aliphatic carbocycles. The monoisotopic (exact) mass is 207 g/mol. The third-order valence-electron chi connectivity index (χ3n) is 1.57. The van der Waals surface area contributed by atoms with E-state index in [1.165, 1.54) is 0 Å². The Morgan fingerprint density at radius 2 is 2.00 bits per heavy atom. The molecule has 0 aromatic rings. The summed E-state index contributed by atoms with van der Waals surface area (Å²) in [6.07, 6.45) is 0.263. The Labute approximate surface area is 81.0 Å². The summed E-state index contributed by atoms with van der Waals surface area (Å²) in [7, 11) is -1.38. The summed E-state index contributed by atoms with van der Waals surface area (Å²) in [5.41, 5.74) is 5.25. The first kappa shape index (κ1) is 12.6. The molecule has 2 atom stereocenters. The topological polar surface area (TPSA) is 80.4 Å². The van der Waals surface area contributed by atoms with Gasteiger partial charge in [-0.05, 0) is 33.7 Å². The Kier molecular flexibility index (Phi) is 4.56. The van der Waals surface area contributed by atoms with Crippen LogP contribution in [0.25, 0.3) is 0 Å². The van der Waals surface area contributed by atoms with Crippen molar-refractivity contribution < 1.29 is 14.1 Å². The van der Waals surface area contributed by atoms with Crippen molar-refractivity contribution in [2.24, 2.45) is 5.73 Å². The lowest BCUT2D eigenvalue weighted by Crippen LogP contribution is -2.37. The van der Waals surface area contributed by atoms with Gasteiger partial charge in [0.15, 0.2) is 0 Å². The maximum atomic E-state index is 11.7. The quantitative estimate of drug-likeness (QED) is 0.696. The van der Waals surface area contributed by atoms with Gasteiger partial charge in [0.25, 0.3) is 0 Å². The molecule has 5 heteroatoms. The summed E-state index contributed by atoms with van der Waals surface area (Å²) >= 11 is 0. The number of rotatable bonds is 4. The second kappa shape index (κ2) is 4.72. The first-order valence-corrected chi connectivity index (χ1v) is 5.35. The molecule has 0 aliphatic rings. The molecule has 0 aromatic heterocycles. The summed E-state index contributed by atoms with van der Waals surface area (Å²) < 4.78 is 11.2. The zero-order valence-corrected chi connectivity index (χ0v) is 9.06. The van der Waals surface area contributed by atoms with Crippen molar-refractivity contribution >= 4 is 16.8 Å². The summed E-state index contributed by atoms with van der Waals surface area (Å²) in [6, 6.07) is 0. The molecule has 0 radical (unpaired) electrons. The number of hydrogen-bond acceptors (Lipinski definition) is 3. The van der Waals surface area contributed by atoms with Gasteiger partial charge in [0.1, 0.15) is 5.25 Å². The van der Waals surface area contributed by atoms with Crippen LogP contribution in [-0.2, 0) is 15.6 Å². The number of hydrogen-bond donors (Lipinski definition) is 2. The van der Waals surface area contributed by atoms with Crippen molar-refractivity contribution in [3.8, 4) is 0 Å². The van der Waals surface area contributed by atoms with Crippen LogP contribution in [0.15, 0.2) is 0 Å². The van der Waals surface area contributed by atoms with Crippen LogP contribution in [-0.4, -0.2) is 31.8 Å². The maximum absolute atomic E-state index is 11.7. The van der Waals surface area contributed by atoms with Crippen molar-refractivity contribution in [2.75, 3.05) is 6.54 Å². The Hall–Kier alpha value is -0.420. The lowest BCUT2D eigenvalue weighted by molar-refractivity contribution is -0.136. The van der Waals surface area contributed by atoms with E-state index in [-0.39, 0.29) is 13.0 Å². The van der Waals surface area contributed by atoms with Crippen molar-refractivity contribution in [1.29, 1.82) is 0 Å². The van der Waals surface area contributed by atoms with Crippen LogP contribution in [0, 0.1) is 0 Å². The molecule has 0 heterocycles. The van der Waals surface area contributed by atoms with Gasteiger partial charge in [0, 0.05) is 15.5 Å². The first-order valence-electron chi connectivity index (χ1n) is 4.14. The first-order chi connectivity index (χ1) is 5.80. The van der Waals surface area contributed by atoms with E-state index in [1.54, 1.807) is 20.8 Å². The largest absolute Gasteiger partial charge is 0.480 e. The van der Waals surface area contributed by atoms with E-state index in [0.717, 1.165) is 0 Å². The molecule has 0 saturated heterocycles. The Morgan fingerprint density at radius 1 is 1.54 bits per heavy atom. The Bertz CT molecular complexity index is 210. The van der Waals surface area contributed by atoms with E-state index >= 15 is 0 Å². The highest BCUT2D eigenvalue weighted by molar-refractivity contribution is 7.87. The standard InChI is InChI=1S/C8H17NO3S/c1-8(2,3)13(12)6(4-5-9)7(10)11/h6H,4-5,9H2,1-3H3,(H,10,11). The molecule has 0 spiro atoms. The fraction of sp³-hybridized carbons (Fsp3) is 0.875. The molecule has 0 amide bonds. The number of carboxylic acids is 1. The molecule has 78 valence electrons. The van der Waals surface area contributed by atoms with E-state index in [2.05, 4.69) is 0 Å². The molecular weight excluding hydrogens is 190 g/mol. The van der Waals surface area contributed by atoms with Crippen LogP contribution in [0.5, 0.6) is 0 Å². The summed E-state index contributed by atoms with van der Waals surface area (Å²) in [5.74, 6) is -1.03. The smallest absolute Gasteiger partial charge is 0.319 e. The molecule has 0 aromatic carbocycles. The van der Waals surface area contributed by atoms with E-state index in [4.69, 9.17) is 10.8 Å². The molecular formula is C8H17NO3S. The molecule has 2 unspecified atom stereocenters. The molecule has 3 N–H and O–H groups in total. The van der Waals surface area contributed by atoms with Crippen LogP contribution in [0.2, 0.25) is 0 Å². The van der Waals surface area contributed by atoms with Crippen molar-refractivity contribution in [2.45, 2.75) is 37.2 Å². The highest BCUT2D eigenvalue weighted by Crippen LogP contribution is 2.17. The minimum absolute atomic E-state index is 0.249. The fourth-order valence-electron chi connectivity index (χ4n) is 0.900. The number of nitrogens with two attached hydrogens (primary N) is 1. The van der Waals surface area contributed by atoms with Crippen LogP contribution in [0.4, 0.5) is 0 Å². The molecule has 4 nitrogen and oxygen atoms in total. The van der Waals surface area contributed by atoms with Gasteiger partial charge >= 0.3 is 5.97 Å². The van der Waals surface area contributed by atoms with Crippen LogP contribution in [0.1, 0.15) is 27.2 Å². The highest BCUT2D eigenvalue weighted by atomic mass is 32.2. The van der Waals surface area contributed by atoms with E-state index in [9.17, 15) is 9.00 Å². The minimum Gasteiger partial charge on any atom is -0.480 e. The second-order valence-electron chi connectivity index (χ2n) is 3.81. The highest BCUT2D eigenvalue weighted by Gasteiger charge is 2.32. The van der Waals surface area contributed by atoms with Gasteiger partial charge in [-0.2, -0.15) is 0 Å². The predicted molar refractivity (Wildman–Crippen MR) is 53.0 cm³/mol. The van der Waals surface area contributed by atoms with Crippen molar-refractivity contribution in [1.82, 2.24) is 0 Å². The molecule has 0 saturated carbocycles. The third kappa shape index (κ3) is 3.87. The van der Waals surface area contributed by atoms with E-state index in [0.29, 0.717) is 0 Å². The van der Waals surface area contributed by atoms with Gasteiger partial charge < -0.3 is 10.8 Å². The zero-order chi connectivity index (χ0) is 10.6. The van der Waals surface area contributed by atoms with Crippen LogP contribution in [0.3, 0.4) is 0 Å². The zero-order valence-electron chi connectivity index (χ0n) is 8.24. The molecule has 0 bridgehead atoms. The Morgan fingerprint density at radius 3 is 2.23 bits per heavy atom. The fourth-order valence-corrected chi connectivity index (χ4v) is 2.29. The minimum atomic E-state index is -1.38. The van der Waals surface area contributed by atoms with Gasteiger partial charge in [-0.25, -0.2) is 0 Å². The van der Waals surface area contributed by atoms with E-state index in [1.807, 2.05) is 0 Å². The molecule has 0 aliphatic heterocycles. The van der Waals surface area contributed by atoms with Crippen LogP contribution >= 0.6 is 0 Å². The lowest BCUT2D eigenvalue weighted by Gasteiger charge is -2.22. The summed E-state index contributed by atoms with van der Waals surface area (Å²) in [5, 5.41) is 7.95. The summed E-state index contributed by atoms with van der Waals surface area (Å²) in [4.78, 5) is 10.7. The lowest BCUT2D eigenvalue weighted by atomic mass is 10.2. The van der Waals surface area contributed by atoms with Gasteiger partial charge in [0.05, 0.1) is 0 Å². The molecule has 0 fully saturated rings. The average molecular weight is 207 g/mol. The predicted octanol–water partition coefficient (Wildman–Crippen LogP) is 0.336. The molecule has 13 heavy (non-hydrogen) atoms. The second-order valence-corrected chi connectivity index (χ2v) is 6.20. The molecule has 0 rings (SSSR count). The SMILES string of the molecule is CC(C)(C)S(=O)C(CCN)C(=O)O. The number of aliphatic carboxylic acids is 1. The van der Waals surface area contributed by atoms with Gasteiger partial charge in [-0.15, -0.1) is 0 Å². The Balaban J connectivity index is 4.56. The van der Waals surface area contributed by atoms with Crippen molar-refractivity contribution in [3.05, 3.63) is 0 Å². The maximum Gasteiger partial charge on any atom is 0.319 e. The van der Waals surface area contributed by atoms with Gasteiger partial charge in [-0.3, -0.25) is 9.00 Å². The average Bonchev–Trinajstić information content (AvgIpc) is 1.96. The van der Waals surface area contributed by atoms with E-state index < -0.39 is 26.8 Å². The van der Waals surface area contributed by atoms with Crippen LogP contribution < -0.4 is 5.73 Å². The summed E-state index contributed by atoms with van der Waals surface area (Å²) in [6.45, 7) is 5.53. The normalized spacial score (nSPS) is 16.6.